The lowest BCUT2D eigenvalue weighted by molar-refractivity contribution is -0.118. The van der Waals surface area contributed by atoms with Gasteiger partial charge in [0.2, 0.25) is 5.91 Å². The summed E-state index contributed by atoms with van der Waals surface area (Å²) in [6.45, 7) is 14.7. The first-order valence-corrected chi connectivity index (χ1v) is 10.9. The first-order valence-electron chi connectivity index (χ1n) is 10.9. The van der Waals surface area contributed by atoms with Crippen LogP contribution in [0.2, 0.25) is 0 Å². The zero-order chi connectivity index (χ0) is 22.1. The summed E-state index contributed by atoms with van der Waals surface area (Å²) in [5.74, 6) is -0.0283. The molecule has 5 nitrogen and oxygen atoms in total. The highest BCUT2D eigenvalue weighted by atomic mass is 16.2. The summed E-state index contributed by atoms with van der Waals surface area (Å²) in [5, 5.41) is 6.33. The monoisotopic (exact) mass is 408 g/mol. The largest absolute Gasteiger partial charge is 0.334 e. The summed E-state index contributed by atoms with van der Waals surface area (Å²) in [7, 11) is 0. The standard InChI is InChI=1S/C19H21N3O.C6H15N/c1-12-7-8-13(2)16(10-12)21-19(23)15(4)22-11-14(3)18-17(22)6-5-9-20-18;1-3-5-7-6-4-2/h5-11,15H,1-4H3,(H,21,23);7H,3-6H2,1-2H3. The van der Waals surface area contributed by atoms with E-state index in [0.717, 1.165) is 33.4 Å². The van der Waals surface area contributed by atoms with Crippen LogP contribution in [0.25, 0.3) is 11.0 Å². The van der Waals surface area contributed by atoms with E-state index >= 15 is 0 Å². The van der Waals surface area contributed by atoms with Crippen LogP contribution in [-0.4, -0.2) is 28.5 Å². The van der Waals surface area contributed by atoms with E-state index in [0.29, 0.717) is 0 Å². The van der Waals surface area contributed by atoms with Crippen LogP contribution in [-0.2, 0) is 4.79 Å². The zero-order valence-electron chi connectivity index (χ0n) is 19.2. The molecule has 162 valence electrons. The van der Waals surface area contributed by atoms with Crippen molar-refractivity contribution in [3.8, 4) is 0 Å². The number of hydrogen-bond acceptors (Lipinski definition) is 3. The third kappa shape index (κ3) is 6.17. The molecule has 0 aliphatic heterocycles. The van der Waals surface area contributed by atoms with Crippen LogP contribution >= 0.6 is 0 Å². The van der Waals surface area contributed by atoms with Gasteiger partial charge in [-0.15, -0.1) is 0 Å². The van der Waals surface area contributed by atoms with Crippen molar-refractivity contribution in [3.05, 3.63) is 59.4 Å². The number of nitrogens with zero attached hydrogens (tertiary/aromatic N) is 2. The van der Waals surface area contributed by atoms with Crippen molar-refractivity contribution in [1.82, 2.24) is 14.9 Å². The Kier molecular flexibility index (Phi) is 9.06. The number of fused-ring (bicyclic) bond motifs is 1. The second-order valence-corrected chi connectivity index (χ2v) is 7.82. The second kappa shape index (κ2) is 11.5. The summed E-state index contributed by atoms with van der Waals surface area (Å²) in [6, 6.07) is 9.65. The van der Waals surface area contributed by atoms with Gasteiger partial charge in [-0.25, -0.2) is 0 Å². The molecular formula is C25H36N4O. The Morgan fingerprint density at radius 1 is 1.07 bits per heavy atom. The highest BCUT2D eigenvalue weighted by Gasteiger charge is 2.19. The number of carbonyl (C=O) groups is 1. The van der Waals surface area contributed by atoms with Crippen LogP contribution in [0, 0.1) is 20.8 Å². The molecule has 0 saturated carbocycles. The molecule has 1 atom stereocenters. The molecule has 0 aliphatic carbocycles. The lowest BCUT2D eigenvalue weighted by Crippen LogP contribution is -2.23. The average molecular weight is 409 g/mol. The molecule has 2 heterocycles. The van der Waals surface area contributed by atoms with Gasteiger partial charge in [-0.1, -0.05) is 26.0 Å². The number of pyridine rings is 1. The first kappa shape index (κ1) is 23.6. The Morgan fingerprint density at radius 2 is 1.77 bits per heavy atom. The molecule has 5 heteroatoms. The van der Waals surface area contributed by atoms with E-state index in [1.807, 2.05) is 68.8 Å². The molecule has 2 aromatic heterocycles. The molecule has 2 N–H and O–H groups in total. The fourth-order valence-corrected chi connectivity index (χ4v) is 3.28. The number of anilines is 1. The maximum Gasteiger partial charge on any atom is 0.247 e. The fraction of sp³-hybridized carbons (Fsp3) is 0.440. The maximum absolute atomic E-state index is 12.7. The summed E-state index contributed by atoms with van der Waals surface area (Å²) in [5.41, 5.74) is 6.06. The molecule has 3 rings (SSSR count). The van der Waals surface area contributed by atoms with E-state index in [9.17, 15) is 4.79 Å². The Labute approximate surface area is 180 Å². The number of rotatable bonds is 7. The summed E-state index contributed by atoms with van der Waals surface area (Å²) in [4.78, 5) is 17.1. The lowest BCUT2D eigenvalue weighted by atomic mass is 10.1. The van der Waals surface area contributed by atoms with Crippen LogP contribution in [0.15, 0.2) is 42.7 Å². The Bertz CT molecular complexity index is 957. The number of carbonyl (C=O) groups excluding carboxylic acids is 1. The number of aromatic nitrogens is 2. The van der Waals surface area contributed by atoms with Crippen molar-refractivity contribution in [2.45, 2.75) is 60.4 Å². The van der Waals surface area contributed by atoms with Crippen LogP contribution < -0.4 is 10.6 Å². The number of benzene rings is 1. The summed E-state index contributed by atoms with van der Waals surface area (Å²) in [6.07, 6.45) is 6.27. The molecule has 1 unspecified atom stereocenters. The normalized spacial score (nSPS) is 11.7. The number of hydrogen-bond donors (Lipinski definition) is 2. The minimum Gasteiger partial charge on any atom is -0.334 e. The molecule has 3 aromatic rings. The van der Waals surface area contributed by atoms with Gasteiger partial charge in [-0.3, -0.25) is 9.78 Å². The quantitative estimate of drug-likeness (QED) is 0.503. The van der Waals surface area contributed by atoms with Crippen LogP contribution in [0.1, 0.15) is 56.3 Å². The van der Waals surface area contributed by atoms with Gasteiger partial charge in [0.15, 0.2) is 0 Å². The molecule has 0 saturated heterocycles. The molecule has 30 heavy (non-hydrogen) atoms. The molecular weight excluding hydrogens is 372 g/mol. The predicted molar refractivity (Wildman–Crippen MR) is 127 cm³/mol. The Hall–Kier alpha value is -2.66. The molecule has 0 spiro atoms. The second-order valence-electron chi connectivity index (χ2n) is 7.82. The van der Waals surface area contributed by atoms with Gasteiger partial charge in [0.1, 0.15) is 6.04 Å². The maximum atomic E-state index is 12.7. The smallest absolute Gasteiger partial charge is 0.247 e. The minimum absolute atomic E-state index is 0.0283. The van der Waals surface area contributed by atoms with Crippen molar-refractivity contribution >= 4 is 22.6 Å². The van der Waals surface area contributed by atoms with E-state index in [1.165, 1.54) is 25.9 Å². The van der Waals surface area contributed by atoms with E-state index in [2.05, 4.69) is 29.5 Å². The molecule has 1 aromatic carbocycles. The van der Waals surface area contributed by atoms with E-state index in [4.69, 9.17) is 0 Å². The van der Waals surface area contributed by atoms with Crippen LogP contribution in [0.3, 0.4) is 0 Å². The average Bonchev–Trinajstić information content (AvgIpc) is 3.08. The van der Waals surface area contributed by atoms with Gasteiger partial charge >= 0.3 is 0 Å². The number of amides is 1. The van der Waals surface area contributed by atoms with Crippen molar-refractivity contribution in [3.63, 3.8) is 0 Å². The van der Waals surface area contributed by atoms with E-state index in [-0.39, 0.29) is 11.9 Å². The van der Waals surface area contributed by atoms with E-state index < -0.39 is 0 Å². The van der Waals surface area contributed by atoms with Gasteiger partial charge in [-0.05, 0) is 88.5 Å². The first-order chi connectivity index (χ1) is 14.4. The van der Waals surface area contributed by atoms with Crippen LogP contribution in [0.5, 0.6) is 0 Å². The highest BCUT2D eigenvalue weighted by molar-refractivity contribution is 5.95. The lowest BCUT2D eigenvalue weighted by Gasteiger charge is -2.16. The molecule has 1 amide bonds. The van der Waals surface area contributed by atoms with Crippen molar-refractivity contribution in [1.29, 1.82) is 0 Å². The zero-order valence-corrected chi connectivity index (χ0v) is 19.2. The van der Waals surface area contributed by atoms with Gasteiger partial charge < -0.3 is 15.2 Å². The molecule has 0 bridgehead atoms. The third-order valence-corrected chi connectivity index (χ3v) is 5.07. The highest BCUT2D eigenvalue weighted by Crippen LogP contribution is 2.24. The number of nitrogens with one attached hydrogen (secondary N) is 2. The van der Waals surface area contributed by atoms with Gasteiger partial charge in [-0.2, -0.15) is 0 Å². The third-order valence-electron chi connectivity index (χ3n) is 5.07. The molecule has 0 radical (unpaired) electrons. The van der Waals surface area contributed by atoms with Crippen molar-refractivity contribution < 1.29 is 4.79 Å². The molecule has 0 aliphatic rings. The Balaban J connectivity index is 0.000000396. The van der Waals surface area contributed by atoms with Crippen molar-refractivity contribution in [2.75, 3.05) is 18.4 Å². The predicted octanol–water partition coefficient (Wildman–Crippen LogP) is 5.56. The van der Waals surface area contributed by atoms with E-state index in [1.54, 1.807) is 6.20 Å². The Morgan fingerprint density at radius 3 is 2.43 bits per heavy atom. The van der Waals surface area contributed by atoms with Crippen molar-refractivity contribution in [2.24, 2.45) is 0 Å². The van der Waals surface area contributed by atoms with Gasteiger partial charge in [0.05, 0.1) is 11.0 Å². The van der Waals surface area contributed by atoms with Gasteiger partial charge in [0.25, 0.3) is 0 Å². The molecule has 0 fully saturated rings. The minimum atomic E-state index is -0.310. The van der Waals surface area contributed by atoms with Crippen LogP contribution in [0.4, 0.5) is 5.69 Å². The number of aryl methyl sites for hydroxylation is 3. The summed E-state index contributed by atoms with van der Waals surface area (Å²) >= 11 is 0. The van der Waals surface area contributed by atoms with Gasteiger partial charge in [0, 0.05) is 18.1 Å². The summed E-state index contributed by atoms with van der Waals surface area (Å²) < 4.78 is 1.98. The SMILES string of the molecule is CCCNCCC.Cc1ccc(C)c(NC(=O)C(C)n2cc(C)c3ncccc32)c1. The fourth-order valence-electron chi connectivity index (χ4n) is 3.28. The topological polar surface area (TPSA) is 58.9 Å².